The number of rotatable bonds is 10. The van der Waals surface area contributed by atoms with Crippen molar-refractivity contribution in [1.82, 2.24) is 20.1 Å². The summed E-state index contributed by atoms with van der Waals surface area (Å²) in [5, 5.41) is 13.1. The molecule has 40 heavy (non-hydrogen) atoms. The lowest BCUT2D eigenvalue weighted by Crippen LogP contribution is -2.36. The molecule has 0 radical (unpaired) electrons. The van der Waals surface area contributed by atoms with E-state index in [1.54, 1.807) is 18.3 Å². The minimum Gasteiger partial charge on any atom is -0.309 e. The lowest BCUT2D eigenvalue weighted by Gasteiger charge is -2.27. The van der Waals surface area contributed by atoms with Crippen LogP contribution in [0.15, 0.2) is 60.8 Å². The maximum atomic E-state index is 13.5. The molecule has 5 rings (SSSR count). The number of H-pyrrole nitrogens is 1. The molecule has 1 saturated heterocycles. The SMILES string of the molecule is CC(C)C(C(=O)Nc1cc(C2CC2)[nH]n1)c1cccc(-c2ccc(NC(=O)/C=C/CN3CCCC(F)C3)nc2)c1. The predicted octanol–water partition coefficient (Wildman–Crippen LogP) is 5.66. The fourth-order valence-corrected chi connectivity index (χ4v) is 5.24. The number of hydrogen-bond acceptors (Lipinski definition) is 5. The summed E-state index contributed by atoms with van der Waals surface area (Å²) < 4.78 is 13.5. The number of anilines is 2. The van der Waals surface area contributed by atoms with Gasteiger partial charge in [0.05, 0.1) is 5.92 Å². The number of carbonyl (C=O) groups is 2. The van der Waals surface area contributed by atoms with E-state index in [4.69, 9.17) is 0 Å². The number of benzene rings is 1. The number of hydrogen-bond donors (Lipinski definition) is 3. The van der Waals surface area contributed by atoms with Gasteiger partial charge in [-0.05, 0) is 61.4 Å². The number of aromatic amines is 1. The molecule has 1 aliphatic carbocycles. The van der Waals surface area contributed by atoms with E-state index in [0.717, 1.165) is 48.2 Å². The van der Waals surface area contributed by atoms with E-state index in [9.17, 15) is 14.0 Å². The van der Waals surface area contributed by atoms with Gasteiger partial charge >= 0.3 is 0 Å². The monoisotopic (exact) mass is 544 g/mol. The van der Waals surface area contributed by atoms with Crippen molar-refractivity contribution in [2.24, 2.45) is 5.92 Å². The van der Waals surface area contributed by atoms with Crippen LogP contribution in [0.25, 0.3) is 11.1 Å². The number of carbonyl (C=O) groups excluding carboxylic acids is 2. The highest BCUT2D eigenvalue weighted by Crippen LogP contribution is 2.39. The summed E-state index contributed by atoms with van der Waals surface area (Å²) in [5.41, 5.74) is 3.81. The lowest BCUT2D eigenvalue weighted by molar-refractivity contribution is -0.118. The molecule has 2 fully saturated rings. The highest BCUT2D eigenvalue weighted by molar-refractivity contribution is 5.98. The van der Waals surface area contributed by atoms with Gasteiger partial charge in [0.1, 0.15) is 12.0 Å². The van der Waals surface area contributed by atoms with Gasteiger partial charge in [0.15, 0.2) is 5.82 Å². The molecule has 3 heterocycles. The van der Waals surface area contributed by atoms with Crippen molar-refractivity contribution in [2.75, 3.05) is 30.3 Å². The lowest BCUT2D eigenvalue weighted by atomic mass is 9.86. The Morgan fingerprint density at radius 2 is 1.95 bits per heavy atom. The van der Waals surface area contributed by atoms with Gasteiger partial charge in [-0.3, -0.25) is 19.6 Å². The minimum atomic E-state index is -0.783. The molecule has 3 aromatic rings. The number of pyridine rings is 1. The highest BCUT2D eigenvalue weighted by Gasteiger charge is 2.28. The first kappa shape index (κ1) is 27.7. The van der Waals surface area contributed by atoms with Gasteiger partial charge < -0.3 is 10.6 Å². The number of alkyl halides is 1. The van der Waals surface area contributed by atoms with Crippen molar-refractivity contribution >= 4 is 23.5 Å². The van der Waals surface area contributed by atoms with Crippen LogP contribution in [0.5, 0.6) is 0 Å². The predicted molar refractivity (Wildman–Crippen MR) is 155 cm³/mol. The van der Waals surface area contributed by atoms with E-state index in [1.807, 2.05) is 55.1 Å². The van der Waals surface area contributed by atoms with Gasteiger partial charge in [-0.1, -0.05) is 44.2 Å². The molecule has 1 saturated carbocycles. The smallest absolute Gasteiger partial charge is 0.249 e. The van der Waals surface area contributed by atoms with Crippen LogP contribution in [0, 0.1) is 5.92 Å². The third kappa shape index (κ3) is 7.21. The average molecular weight is 545 g/mol. The third-order valence-electron chi connectivity index (χ3n) is 7.49. The third-order valence-corrected chi connectivity index (χ3v) is 7.49. The normalized spacial score (nSPS) is 18.6. The summed E-state index contributed by atoms with van der Waals surface area (Å²) in [6.45, 7) is 5.90. The van der Waals surface area contributed by atoms with E-state index in [-0.39, 0.29) is 23.7 Å². The fraction of sp³-hybridized carbons (Fsp3) is 0.419. The molecular formula is C31H37FN6O2. The van der Waals surface area contributed by atoms with Crippen molar-refractivity contribution < 1.29 is 14.0 Å². The summed E-state index contributed by atoms with van der Waals surface area (Å²) in [7, 11) is 0. The Labute approximate surface area is 234 Å². The molecule has 2 unspecified atom stereocenters. The second-order valence-corrected chi connectivity index (χ2v) is 11.1. The van der Waals surface area contributed by atoms with Crippen LogP contribution in [0.3, 0.4) is 0 Å². The molecule has 1 aromatic carbocycles. The van der Waals surface area contributed by atoms with E-state index in [1.165, 1.54) is 6.08 Å². The van der Waals surface area contributed by atoms with Gasteiger partial charge in [0.2, 0.25) is 11.8 Å². The molecule has 2 amide bonds. The van der Waals surface area contributed by atoms with Gasteiger partial charge in [-0.25, -0.2) is 9.37 Å². The first-order valence-electron chi connectivity index (χ1n) is 14.1. The first-order valence-corrected chi connectivity index (χ1v) is 14.1. The summed E-state index contributed by atoms with van der Waals surface area (Å²) >= 11 is 0. The van der Waals surface area contributed by atoms with Crippen molar-refractivity contribution in [1.29, 1.82) is 0 Å². The maximum absolute atomic E-state index is 13.5. The topological polar surface area (TPSA) is 103 Å². The Balaban J connectivity index is 1.20. The Bertz CT molecular complexity index is 1350. The summed E-state index contributed by atoms with van der Waals surface area (Å²) in [5.74, 6) is 0.912. The Hall–Kier alpha value is -3.85. The van der Waals surface area contributed by atoms with Crippen LogP contribution >= 0.6 is 0 Å². The first-order chi connectivity index (χ1) is 19.4. The zero-order chi connectivity index (χ0) is 28.1. The molecular weight excluding hydrogens is 507 g/mol. The standard InChI is InChI=1S/C31H37FN6O2/c1-20(2)30(31(40)35-28-17-26(36-37-28)21-10-11-21)23-7-3-6-22(16-23)24-12-13-27(33-18-24)34-29(39)9-5-15-38-14-4-8-25(32)19-38/h3,5-7,9,12-13,16-18,20-21,25,30H,4,8,10-11,14-15,19H2,1-2H3,(H,33,34,39)(H2,35,36,37,40)/b9-5+. The van der Waals surface area contributed by atoms with Gasteiger partial charge in [-0.2, -0.15) is 5.10 Å². The molecule has 9 heteroatoms. The number of aromatic nitrogens is 3. The van der Waals surface area contributed by atoms with Crippen molar-refractivity contribution in [3.63, 3.8) is 0 Å². The Morgan fingerprint density at radius 3 is 2.67 bits per heavy atom. The number of piperidine rings is 1. The highest BCUT2D eigenvalue weighted by atomic mass is 19.1. The van der Waals surface area contributed by atoms with Crippen LogP contribution in [0.1, 0.15) is 62.6 Å². The van der Waals surface area contributed by atoms with E-state index < -0.39 is 6.17 Å². The second kappa shape index (κ2) is 12.6. The van der Waals surface area contributed by atoms with Gasteiger partial charge in [0.25, 0.3) is 0 Å². The molecule has 0 bridgehead atoms. The molecule has 3 N–H and O–H groups in total. The molecule has 210 valence electrons. The molecule has 2 aromatic heterocycles. The Morgan fingerprint density at radius 1 is 1.10 bits per heavy atom. The molecule has 2 aliphatic rings. The van der Waals surface area contributed by atoms with Gasteiger partial charge in [0, 0.05) is 48.6 Å². The van der Waals surface area contributed by atoms with Crippen molar-refractivity contribution in [3.05, 3.63) is 72.1 Å². The van der Waals surface area contributed by atoms with E-state index >= 15 is 0 Å². The Kier molecular flexibility index (Phi) is 8.69. The van der Waals surface area contributed by atoms with Crippen LogP contribution in [0.2, 0.25) is 0 Å². The number of amides is 2. The van der Waals surface area contributed by atoms with Crippen molar-refractivity contribution in [3.8, 4) is 11.1 Å². The van der Waals surface area contributed by atoms with Crippen LogP contribution in [-0.4, -0.2) is 57.7 Å². The van der Waals surface area contributed by atoms with Crippen LogP contribution in [0.4, 0.5) is 16.0 Å². The van der Waals surface area contributed by atoms with Crippen LogP contribution in [-0.2, 0) is 9.59 Å². The number of halogens is 1. The number of nitrogens with one attached hydrogen (secondary N) is 3. The van der Waals surface area contributed by atoms with E-state index in [0.29, 0.717) is 37.1 Å². The molecule has 1 aliphatic heterocycles. The summed E-state index contributed by atoms with van der Waals surface area (Å²) in [4.78, 5) is 32.0. The van der Waals surface area contributed by atoms with Gasteiger partial charge in [-0.15, -0.1) is 0 Å². The zero-order valence-corrected chi connectivity index (χ0v) is 23.1. The quantitative estimate of drug-likeness (QED) is 0.286. The molecule has 8 nitrogen and oxygen atoms in total. The molecule has 2 atom stereocenters. The largest absolute Gasteiger partial charge is 0.309 e. The zero-order valence-electron chi connectivity index (χ0n) is 23.1. The van der Waals surface area contributed by atoms with Crippen LogP contribution < -0.4 is 10.6 Å². The minimum absolute atomic E-state index is 0.0779. The average Bonchev–Trinajstić information content (AvgIpc) is 3.68. The number of nitrogens with zero attached hydrogens (tertiary/aromatic N) is 3. The number of likely N-dealkylation sites (tertiary alicyclic amines) is 1. The van der Waals surface area contributed by atoms with Crippen molar-refractivity contribution in [2.45, 2.75) is 57.5 Å². The second-order valence-electron chi connectivity index (χ2n) is 11.1. The fourth-order valence-electron chi connectivity index (χ4n) is 5.24. The summed E-state index contributed by atoms with van der Waals surface area (Å²) in [6.07, 6.45) is 7.94. The molecule has 0 spiro atoms. The van der Waals surface area contributed by atoms with E-state index in [2.05, 4.69) is 25.8 Å². The maximum Gasteiger partial charge on any atom is 0.249 e. The summed E-state index contributed by atoms with van der Waals surface area (Å²) in [6, 6.07) is 13.5.